The molecule has 6 heteroatoms. The Balaban J connectivity index is 1.31. The van der Waals surface area contributed by atoms with Gasteiger partial charge in [-0.05, 0) is 23.8 Å². The zero-order valence-corrected chi connectivity index (χ0v) is 16.1. The summed E-state index contributed by atoms with van der Waals surface area (Å²) in [6, 6.07) is 19.3. The monoisotopic (exact) mass is 386 g/mol. The predicted molar refractivity (Wildman–Crippen MR) is 110 cm³/mol. The molecule has 4 rings (SSSR count). The lowest BCUT2D eigenvalue weighted by atomic mass is 10.1. The maximum Gasteiger partial charge on any atom is 0.260 e. The number of hydrogen-bond donors (Lipinski definition) is 0. The third-order valence-electron chi connectivity index (χ3n) is 5.19. The van der Waals surface area contributed by atoms with Gasteiger partial charge in [-0.3, -0.25) is 14.7 Å². The molecule has 0 spiro atoms. The van der Waals surface area contributed by atoms with Gasteiger partial charge in [-0.25, -0.2) is 0 Å². The van der Waals surface area contributed by atoms with E-state index in [1.54, 1.807) is 24.3 Å². The minimum absolute atomic E-state index is 0.0497. The second-order valence-corrected chi connectivity index (χ2v) is 7.05. The Morgan fingerprint density at radius 2 is 1.83 bits per heavy atom. The summed E-state index contributed by atoms with van der Waals surface area (Å²) in [4.78, 5) is 21.2. The summed E-state index contributed by atoms with van der Waals surface area (Å²) in [7, 11) is 0. The first-order valence-corrected chi connectivity index (χ1v) is 9.69. The Morgan fingerprint density at radius 1 is 1.03 bits per heavy atom. The molecule has 146 valence electrons. The van der Waals surface area contributed by atoms with E-state index in [2.05, 4.69) is 40.2 Å². The van der Waals surface area contributed by atoms with Gasteiger partial charge in [-0.15, -0.1) is 0 Å². The third kappa shape index (κ3) is 4.36. The lowest BCUT2D eigenvalue weighted by molar-refractivity contribution is -0.135. The Kier molecular flexibility index (Phi) is 5.68. The number of ether oxygens (including phenoxy) is 1. The van der Waals surface area contributed by atoms with E-state index < -0.39 is 0 Å². The van der Waals surface area contributed by atoms with Crippen LogP contribution < -0.4 is 4.74 Å². The summed E-state index contributed by atoms with van der Waals surface area (Å²) in [5, 5.41) is 10.3. The Hall–Kier alpha value is -3.43. The van der Waals surface area contributed by atoms with E-state index in [9.17, 15) is 4.79 Å². The molecule has 1 fully saturated rings. The van der Waals surface area contributed by atoms with Crippen LogP contribution in [0, 0.1) is 11.3 Å². The van der Waals surface area contributed by atoms with E-state index in [1.165, 1.54) is 5.56 Å². The van der Waals surface area contributed by atoms with E-state index >= 15 is 0 Å². The average Bonchev–Trinajstić information content (AvgIpc) is 2.78. The number of amides is 1. The van der Waals surface area contributed by atoms with Crippen LogP contribution in [0.15, 0.2) is 60.8 Å². The fraction of sp³-hybridized carbons (Fsp3) is 0.261. The van der Waals surface area contributed by atoms with Crippen LogP contribution in [0.2, 0.25) is 0 Å². The van der Waals surface area contributed by atoms with E-state index in [0.717, 1.165) is 30.5 Å². The lowest BCUT2D eigenvalue weighted by Gasteiger charge is -2.34. The van der Waals surface area contributed by atoms with Gasteiger partial charge in [-0.1, -0.05) is 36.4 Å². The largest absolute Gasteiger partial charge is 0.482 e. The molecule has 0 unspecified atom stereocenters. The summed E-state index contributed by atoms with van der Waals surface area (Å²) in [5.74, 6) is 0.398. The van der Waals surface area contributed by atoms with Crippen LogP contribution in [-0.4, -0.2) is 53.5 Å². The maximum absolute atomic E-state index is 12.5. The molecular weight excluding hydrogens is 364 g/mol. The first-order chi connectivity index (χ1) is 14.2. The Morgan fingerprint density at radius 3 is 2.66 bits per heavy atom. The number of pyridine rings is 1. The second kappa shape index (κ2) is 8.72. The molecule has 29 heavy (non-hydrogen) atoms. The molecule has 6 nitrogen and oxygen atoms in total. The van der Waals surface area contributed by atoms with Crippen molar-refractivity contribution in [2.45, 2.75) is 6.54 Å². The quantitative estimate of drug-likeness (QED) is 0.674. The summed E-state index contributed by atoms with van der Waals surface area (Å²) in [5.41, 5.74) is 2.69. The van der Waals surface area contributed by atoms with Gasteiger partial charge in [0.25, 0.3) is 5.91 Å². The minimum Gasteiger partial charge on any atom is -0.482 e. The van der Waals surface area contributed by atoms with Crippen LogP contribution in [-0.2, 0) is 11.3 Å². The molecular formula is C23H22N4O2. The van der Waals surface area contributed by atoms with Crippen molar-refractivity contribution >= 4 is 16.8 Å². The highest BCUT2D eigenvalue weighted by Gasteiger charge is 2.22. The molecule has 2 aromatic carbocycles. The van der Waals surface area contributed by atoms with E-state index in [4.69, 9.17) is 10.00 Å². The molecule has 1 aliphatic rings. The third-order valence-corrected chi connectivity index (χ3v) is 5.19. The van der Waals surface area contributed by atoms with Gasteiger partial charge >= 0.3 is 0 Å². The van der Waals surface area contributed by atoms with Crippen LogP contribution in [0.5, 0.6) is 5.75 Å². The summed E-state index contributed by atoms with van der Waals surface area (Å²) in [6.45, 7) is 3.72. The van der Waals surface area contributed by atoms with Crippen molar-refractivity contribution in [1.29, 1.82) is 5.26 Å². The van der Waals surface area contributed by atoms with Crippen LogP contribution in [0.25, 0.3) is 10.9 Å². The van der Waals surface area contributed by atoms with Gasteiger partial charge < -0.3 is 9.64 Å². The van der Waals surface area contributed by atoms with Gasteiger partial charge in [0.15, 0.2) is 6.61 Å². The van der Waals surface area contributed by atoms with Crippen molar-refractivity contribution in [2.24, 2.45) is 0 Å². The number of nitrogens with zero attached hydrogens (tertiary/aromatic N) is 4. The van der Waals surface area contributed by atoms with E-state index in [-0.39, 0.29) is 12.5 Å². The standard InChI is InChI=1S/C23H22N4O2/c24-15-19-5-1-2-9-21(19)29-17-22(28)27-13-11-26(12-14-27)16-20-7-3-6-18-8-4-10-25-23(18)20/h1-10H,11-14,16-17H2. The Bertz CT molecular complexity index is 1050. The van der Waals surface area contributed by atoms with Crippen molar-refractivity contribution in [3.63, 3.8) is 0 Å². The van der Waals surface area contributed by atoms with Crippen LogP contribution >= 0.6 is 0 Å². The summed E-state index contributed by atoms with van der Waals surface area (Å²) >= 11 is 0. The van der Waals surface area contributed by atoms with Crippen LogP contribution in [0.3, 0.4) is 0 Å². The normalized spacial score (nSPS) is 14.5. The maximum atomic E-state index is 12.5. The minimum atomic E-state index is -0.0516. The van der Waals surface area contributed by atoms with Crippen molar-refractivity contribution in [2.75, 3.05) is 32.8 Å². The molecule has 0 bridgehead atoms. The molecule has 0 radical (unpaired) electrons. The summed E-state index contributed by atoms with van der Waals surface area (Å²) < 4.78 is 5.58. The zero-order valence-electron chi connectivity index (χ0n) is 16.1. The lowest BCUT2D eigenvalue weighted by Crippen LogP contribution is -2.49. The van der Waals surface area contributed by atoms with Gasteiger partial charge in [0.05, 0.1) is 11.1 Å². The first-order valence-electron chi connectivity index (χ1n) is 9.69. The highest BCUT2D eigenvalue weighted by atomic mass is 16.5. The smallest absolute Gasteiger partial charge is 0.260 e. The molecule has 1 aliphatic heterocycles. The zero-order chi connectivity index (χ0) is 20.1. The molecule has 0 saturated carbocycles. The van der Waals surface area contributed by atoms with Gasteiger partial charge in [-0.2, -0.15) is 5.26 Å². The fourth-order valence-corrected chi connectivity index (χ4v) is 3.61. The van der Waals surface area contributed by atoms with Gasteiger partial charge in [0, 0.05) is 44.3 Å². The topological polar surface area (TPSA) is 69.5 Å². The number of benzene rings is 2. The van der Waals surface area contributed by atoms with Gasteiger partial charge in [0.1, 0.15) is 11.8 Å². The van der Waals surface area contributed by atoms with E-state index in [1.807, 2.05) is 17.2 Å². The van der Waals surface area contributed by atoms with Crippen LogP contribution in [0.4, 0.5) is 0 Å². The molecule has 0 atom stereocenters. The number of fused-ring (bicyclic) bond motifs is 1. The second-order valence-electron chi connectivity index (χ2n) is 7.05. The highest BCUT2D eigenvalue weighted by Crippen LogP contribution is 2.19. The van der Waals surface area contributed by atoms with E-state index in [0.29, 0.717) is 24.4 Å². The Labute approximate surface area is 169 Å². The van der Waals surface area contributed by atoms with Gasteiger partial charge in [0.2, 0.25) is 0 Å². The van der Waals surface area contributed by atoms with Crippen molar-refractivity contribution in [1.82, 2.24) is 14.8 Å². The van der Waals surface area contributed by atoms with Crippen molar-refractivity contribution < 1.29 is 9.53 Å². The molecule has 1 saturated heterocycles. The molecule has 0 aliphatic carbocycles. The molecule has 1 aromatic heterocycles. The van der Waals surface area contributed by atoms with Crippen LogP contribution in [0.1, 0.15) is 11.1 Å². The molecule has 1 amide bonds. The summed E-state index contributed by atoms with van der Waals surface area (Å²) in [6.07, 6.45) is 1.83. The number of hydrogen-bond acceptors (Lipinski definition) is 5. The highest BCUT2D eigenvalue weighted by molar-refractivity contribution is 5.81. The van der Waals surface area contributed by atoms with Crippen molar-refractivity contribution in [3.8, 4) is 11.8 Å². The molecule has 2 heterocycles. The average molecular weight is 386 g/mol. The number of rotatable bonds is 5. The van der Waals surface area contributed by atoms with Crippen molar-refractivity contribution in [3.05, 3.63) is 71.9 Å². The number of nitriles is 1. The fourth-order valence-electron chi connectivity index (χ4n) is 3.61. The first kappa shape index (κ1) is 18.9. The predicted octanol–water partition coefficient (Wildman–Crippen LogP) is 2.83. The number of carbonyl (C=O) groups excluding carboxylic acids is 1. The SMILES string of the molecule is N#Cc1ccccc1OCC(=O)N1CCN(Cc2cccc3cccnc23)CC1. The molecule has 0 N–H and O–H groups in total. The number of piperazine rings is 1. The number of carbonyl (C=O) groups is 1. The number of para-hydroxylation sites is 2. The molecule has 3 aromatic rings. The number of aromatic nitrogens is 1.